The number of aromatic nitrogens is 4. The van der Waals surface area contributed by atoms with Crippen molar-refractivity contribution in [3.63, 3.8) is 0 Å². The zero-order valence-corrected chi connectivity index (χ0v) is 15.3. The summed E-state index contributed by atoms with van der Waals surface area (Å²) < 4.78 is 7.49. The van der Waals surface area contributed by atoms with Gasteiger partial charge < -0.3 is 9.64 Å². The quantitative estimate of drug-likeness (QED) is 0.727. The second kappa shape index (κ2) is 6.06. The molecule has 5 rings (SSSR count). The number of anilines is 1. The minimum atomic E-state index is 0.667. The van der Waals surface area contributed by atoms with Gasteiger partial charge in [0.25, 0.3) is 0 Å². The van der Waals surface area contributed by atoms with Gasteiger partial charge in [-0.25, -0.2) is 9.50 Å². The zero-order valence-electron chi connectivity index (χ0n) is 15.3. The van der Waals surface area contributed by atoms with Gasteiger partial charge in [-0.05, 0) is 44.9 Å². The molecule has 1 aliphatic heterocycles. The van der Waals surface area contributed by atoms with E-state index < -0.39 is 0 Å². The van der Waals surface area contributed by atoms with Gasteiger partial charge in [-0.1, -0.05) is 0 Å². The van der Waals surface area contributed by atoms with Crippen molar-refractivity contribution < 1.29 is 4.74 Å². The molecule has 2 aliphatic rings. The minimum Gasteiger partial charge on any atom is -0.378 e. The van der Waals surface area contributed by atoms with E-state index in [1.165, 1.54) is 18.5 Å². The summed E-state index contributed by atoms with van der Waals surface area (Å²) in [6, 6.07) is 6.45. The van der Waals surface area contributed by atoms with Crippen LogP contribution >= 0.6 is 0 Å². The SMILES string of the molecule is Cc1cc(N2CCOCC2)c2nc(C)c(-c3ccc(C4CC4)nc3)n2n1. The Kier molecular flexibility index (Phi) is 3.67. The molecule has 6 nitrogen and oxygen atoms in total. The molecule has 2 fully saturated rings. The molecule has 0 aromatic carbocycles. The summed E-state index contributed by atoms with van der Waals surface area (Å²) in [5, 5.41) is 4.77. The van der Waals surface area contributed by atoms with Crippen LogP contribution in [0, 0.1) is 13.8 Å². The Morgan fingerprint density at radius 3 is 2.62 bits per heavy atom. The van der Waals surface area contributed by atoms with Crippen LogP contribution in [0.4, 0.5) is 5.69 Å². The predicted molar refractivity (Wildman–Crippen MR) is 101 cm³/mol. The molecule has 0 radical (unpaired) electrons. The molecule has 0 spiro atoms. The van der Waals surface area contributed by atoms with E-state index in [1.54, 1.807) is 0 Å². The summed E-state index contributed by atoms with van der Waals surface area (Å²) in [5.41, 5.74) is 7.34. The maximum absolute atomic E-state index is 5.50. The number of hydrogen-bond acceptors (Lipinski definition) is 5. The molecule has 0 atom stereocenters. The first kappa shape index (κ1) is 15.8. The molecule has 26 heavy (non-hydrogen) atoms. The average molecular weight is 349 g/mol. The Balaban J connectivity index is 1.63. The molecule has 0 amide bonds. The van der Waals surface area contributed by atoms with Crippen LogP contribution in [0.2, 0.25) is 0 Å². The van der Waals surface area contributed by atoms with Crippen LogP contribution in [-0.4, -0.2) is 45.9 Å². The van der Waals surface area contributed by atoms with Crippen molar-refractivity contribution in [1.82, 2.24) is 19.6 Å². The summed E-state index contributed by atoms with van der Waals surface area (Å²) in [7, 11) is 0. The lowest BCUT2D eigenvalue weighted by Gasteiger charge is -2.29. The maximum Gasteiger partial charge on any atom is 0.178 e. The predicted octanol–water partition coefficient (Wildman–Crippen LogP) is 3.12. The summed E-state index contributed by atoms with van der Waals surface area (Å²) in [6.45, 7) is 7.38. The summed E-state index contributed by atoms with van der Waals surface area (Å²) in [6.07, 6.45) is 4.51. The van der Waals surface area contributed by atoms with Crippen LogP contribution in [-0.2, 0) is 4.74 Å². The third-order valence-electron chi connectivity index (χ3n) is 5.27. The second-order valence-electron chi connectivity index (χ2n) is 7.30. The first-order valence-electron chi connectivity index (χ1n) is 9.37. The number of fused-ring (bicyclic) bond motifs is 1. The lowest BCUT2D eigenvalue weighted by Crippen LogP contribution is -2.36. The van der Waals surface area contributed by atoms with E-state index in [1.807, 2.05) is 17.6 Å². The Morgan fingerprint density at radius 2 is 1.92 bits per heavy atom. The first-order chi connectivity index (χ1) is 12.7. The molecule has 134 valence electrons. The number of aryl methyl sites for hydroxylation is 2. The fourth-order valence-electron chi connectivity index (χ4n) is 3.76. The van der Waals surface area contributed by atoms with E-state index in [-0.39, 0.29) is 0 Å². The highest BCUT2D eigenvalue weighted by Crippen LogP contribution is 2.39. The van der Waals surface area contributed by atoms with E-state index in [9.17, 15) is 0 Å². The standard InChI is InChI=1S/C20H23N5O/c1-13-11-18(24-7-9-26-10-8-24)20-22-14(2)19(25(20)23-13)16-5-6-17(21-12-16)15-3-4-15/h5-6,11-12,15H,3-4,7-10H2,1-2H3. The number of morpholine rings is 1. The van der Waals surface area contributed by atoms with Crippen LogP contribution in [0.1, 0.15) is 35.8 Å². The number of pyridine rings is 1. The highest BCUT2D eigenvalue weighted by molar-refractivity contribution is 5.75. The van der Waals surface area contributed by atoms with E-state index in [0.29, 0.717) is 5.92 Å². The van der Waals surface area contributed by atoms with Crippen molar-refractivity contribution in [2.45, 2.75) is 32.6 Å². The van der Waals surface area contributed by atoms with Crippen molar-refractivity contribution >= 4 is 11.3 Å². The van der Waals surface area contributed by atoms with Crippen molar-refractivity contribution in [3.8, 4) is 11.3 Å². The third kappa shape index (κ3) is 2.65. The molecule has 0 unspecified atom stereocenters. The third-order valence-corrected chi connectivity index (χ3v) is 5.27. The summed E-state index contributed by atoms with van der Waals surface area (Å²) >= 11 is 0. The van der Waals surface area contributed by atoms with Crippen molar-refractivity contribution in [3.05, 3.63) is 41.5 Å². The normalized spacial score (nSPS) is 17.8. The van der Waals surface area contributed by atoms with Crippen molar-refractivity contribution in [1.29, 1.82) is 0 Å². The van der Waals surface area contributed by atoms with E-state index in [2.05, 4.69) is 35.0 Å². The second-order valence-corrected chi connectivity index (χ2v) is 7.30. The van der Waals surface area contributed by atoms with Crippen LogP contribution in [0.3, 0.4) is 0 Å². The molecule has 0 bridgehead atoms. The molecule has 3 aromatic heterocycles. The van der Waals surface area contributed by atoms with Gasteiger partial charge in [-0.3, -0.25) is 4.98 Å². The largest absolute Gasteiger partial charge is 0.378 e. The van der Waals surface area contributed by atoms with E-state index in [4.69, 9.17) is 14.8 Å². The Hall–Kier alpha value is -2.47. The Labute approximate surface area is 152 Å². The number of ether oxygens (including phenoxy) is 1. The fourth-order valence-corrected chi connectivity index (χ4v) is 3.76. The van der Waals surface area contributed by atoms with Gasteiger partial charge in [-0.15, -0.1) is 0 Å². The Bertz CT molecular complexity index is 952. The van der Waals surface area contributed by atoms with E-state index >= 15 is 0 Å². The molecule has 4 heterocycles. The van der Waals surface area contributed by atoms with Gasteiger partial charge >= 0.3 is 0 Å². The van der Waals surface area contributed by atoms with Crippen LogP contribution < -0.4 is 4.90 Å². The first-order valence-corrected chi connectivity index (χ1v) is 9.37. The highest BCUT2D eigenvalue weighted by atomic mass is 16.5. The minimum absolute atomic E-state index is 0.667. The molecular formula is C20H23N5O. The summed E-state index contributed by atoms with van der Waals surface area (Å²) in [5.74, 6) is 0.667. The number of hydrogen-bond donors (Lipinski definition) is 0. The smallest absolute Gasteiger partial charge is 0.178 e. The van der Waals surface area contributed by atoms with Gasteiger partial charge in [0.15, 0.2) is 5.65 Å². The molecular weight excluding hydrogens is 326 g/mol. The van der Waals surface area contributed by atoms with Crippen molar-refractivity contribution in [2.75, 3.05) is 31.2 Å². The highest BCUT2D eigenvalue weighted by Gasteiger charge is 2.25. The number of nitrogens with zero attached hydrogens (tertiary/aromatic N) is 5. The lowest BCUT2D eigenvalue weighted by molar-refractivity contribution is 0.123. The topological polar surface area (TPSA) is 55.5 Å². The molecule has 1 aliphatic carbocycles. The number of rotatable bonds is 3. The van der Waals surface area contributed by atoms with Crippen LogP contribution in [0.5, 0.6) is 0 Å². The molecule has 1 saturated carbocycles. The zero-order chi connectivity index (χ0) is 17.7. The van der Waals surface area contributed by atoms with Gasteiger partial charge in [0.05, 0.1) is 36.0 Å². The maximum atomic E-state index is 5.50. The van der Waals surface area contributed by atoms with Crippen molar-refractivity contribution in [2.24, 2.45) is 0 Å². The van der Waals surface area contributed by atoms with Crippen LogP contribution in [0.25, 0.3) is 16.9 Å². The van der Waals surface area contributed by atoms with Crippen LogP contribution in [0.15, 0.2) is 24.4 Å². The average Bonchev–Trinajstić information content (AvgIpc) is 3.45. The molecule has 1 saturated heterocycles. The monoisotopic (exact) mass is 349 g/mol. The van der Waals surface area contributed by atoms with Gasteiger partial charge in [-0.2, -0.15) is 5.10 Å². The van der Waals surface area contributed by atoms with Gasteiger partial charge in [0, 0.05) is 36.5 Å². The molecule has 0 N–H and O–H groups in total. The fraction of sp³-hybridized carbons (Fsp3) is 0.450. The Morgan fingerprint density at radius 1 is 1.12 bits per heavy atom. The van der Waals surface area contributed by atoms with Gasteiger partial charge in [0.2, 0.25) is 0 Å². The van der Waals surface area contributed by atoms with Gasteiger partial charge in [0.1, 0.15) is 0 Å². The summed E-state index contributed by atoms with van der Waals surface area (Å²) in [4.78, 5) is 11.9. The lowest BCUT2D eigenvalue weighted by atomic mass is 10.1. The molecule has 6 heteroatoms. The number of imidazole rings is 1. The molecule has 3 aromatic rings. The van der Waals surface area contributed by atoms with E-state index in [0.717, 1.165) is 60.3 Å².